The molecule has 0 radical (unpaired) electrons. The smallest absolute Gasteiger partial charge is 0.416 e. The number of carbonyl (C=O) groups excluding carboxylic acids is 2. The van der Waals surface area contributed by atoms with E-state index in [1.165, 1.54) is 19.2 Å². The summed E-state index contributed by atoms with van der Waals surface area (Å²) in [6, 6.07) is 4.75. The van der Waals surface area contributed by atoms with Crippen molar-refractivity contribution in [2.24, 2.45) is 29.4 Å². The standard InChI is InChI=1S/C22H27F3N2O3/c1-3-15-13-16(8-5-14-6-9-17(10-7-14)22(23,24)25)18(19(15)21(29)30-2)20(28)27-12-4-11-26/h3,5-10,15-16,18-19H,1,4,11-13,26H2,2H3,(H,27,28)/b8-5+/t15-,16+,18+,19-/m1/s1. The number of methoxy groups -OCH3 is 1. The Bertz CT molecular complexity index is 775. The molecule has 0 aromatic heterocycles. The van der Waals surface area contributed by atoms with Crippen LogP contribution < -0.4 is 11.1 Å². The van der Waals surface area contributed by atoms with Crippen LogP contribution in [-0.4, -0.2) is 32.1 Å². The van der Waals surface area contributed by atoms with Crippen molar-refractivity contribution < 1.29 is 27.5 Å². The fourth-order valence-electron chi connectivity index (χ4n) is 3.85. The normalized spacial score (nSPS) is 24.0. The maximum Gasteiger partial charge on any atom is 0.416 e. The van der Waals surface area contributed by atoms with Gasteiger partial charge in [0.1, 0.15) is 0 Å². The van der Waals surface area contributed by atoms with Crippen LogP contribution in [0.25, 0.3) is 6.08 Å². The summed E-state index contributed by atoms with van der Waals surface area (Å²) in [5, 5.41) is 2.81. The second kappa shape index (κ2) is 10.4. The minimum atomic E-state index is -4.40. The second-order valence-electron chi connectivity index (χ2n) is 7.29. The molecule has 5 nitrogen and oxygen atoms in total. The molecule has 1 aromatic carbocycles. The Morgan fingerprint density at radius 2 is 1.90 bits per heavy atom. The molecule has 1 fully saturated rings. The van der Waals surface area contributed by atoms with Crippen LogP contribution in [0, 0.1) is 23.7 Å². The van der Waals surface area contributed by atoms with Gasteiger partial charge in [0, 0.05) is 6.54 Å². The van der Waals surface area contributed by atoms with Crippen LogP contribution in [0.1, 0.15) is 24.0 Å². The Hall–Kier alpha value is -2.61. The van der Waals surface area contributed by atoms with Crippen LogP contribution in [-0.2, 0) is 20.5 Å². The van der Waals surface area contributed by atoms with Crippen LogP contribution in [0.3, 0.4) is 0 Å². The lowest BCUT2D eigenvalue weighted by Gasteiger charge is -2.22. The molecule has 0 unspecified atom stereocenters. The molecule has 1 aliphatic rings. The molecule has 0 heterocycles. The first-order chi connectivity index (χ1) is 14.2. The summed E-state index contributed by atoms with van der Waals surface area (Å²) < 4.78 is 43.1. The number of hydrogen-bond acceptors (Lipinski definition) is 4. The van der Waals surface area contributed by atoms with Crippen LogP contribution in [0.15, 0.2) is 43.0 Å². The van der Waals surface area contributed by atoms with Crippen molar-refractivity contribution in [1.29, 1.82) is 0 Å². The van der Waals surface area contributed by atoms with E-state index in [0.717, 1.165) is 12.1 Å². The lowest BCUT2D eigenvalue weighted by atomic mass is 9.85. The van der Waals surface area contributed by atoms with E-state index in [9.17, 15) is 22.8 Å². The van der Waals surface area contributed by atoms with E-state index in [0.29, 0.717) is 31.5 Å². The molecule has 164 valence electrons. The molecular formula is C22H27F3N2O3. The first-order valence-corrected chi connectivity index (χ1v) is 9.76. The van der Waals surface area contributed by atoms with Gasteiger partial charge in [-0.3, -0.25) is 9.59 Å². The van der Waals surface area contributed by atoms with Crippen LogP contribution >= 0.6 is 0 Å². The number of rotatable bonds is 8. The first-order valence-electron chi connectivity index (χ1n) is 9.76. The summed E-state index contributed by atoms with van der Waals surface area (Å²) in [5.41, 5.74) is 5.31. The number of nitrogens with two attached hydrogens (primary N) is 1. The number of nitrogens with one attached hydrogen (secondary N) is 1. The predicted octanol–water partition coefficient (Wildman–Crippen LogP) is 3.41. The number of carbonyl (C=O) groups is 2. The third-order valence-electron chi connectivity index (χ3n) is 5.39. The molecule has 8 heteroatoms. The molecule has 1 amide bonds. The first kappa shape index (κ1) is 23.7. The van der Waals surface area contributed by atoms with Gasteiger partial charge in [-0.1, -0.05) is 30.4 Å². The van der Waals surface area contributed by atoms with E-state index in [1.807, 2.05) is 0 Å². The molecule has 1 saturated carbocycles. The van der Waals surface area contributed by atoms with Crippen molar-refractivity contribution in [1.82, 2.24) is 5.32 Å². The Kier molecular flexibility index (Phi) is 8.23. The van der Waals surface area contributed by atoms with Crippen molar-refractivity contribution in [2.45, 2.75) is 19.0 Å². The number of amides is 1. The van der Waals surface area contributed by atoms with E-state index in [2.05, 4.69) is 11.9 Å². The van der Waals surface area contributed by atoms with Gasteiger partial charge >= 0.3 is 12.1 Å². The molecule has 0 bridgehead atoms. The van der Waals surface area contributed by atoms with Gasteiger partial charge in [-0.05, 0) is 48.9 Å². The molecule has 0 saturated heterocycles. The quantitative estimate of drug-likeness (QED) is 0.381. The number of allylic oxidation sites excluding steroid dienone is 2. The number of esters is 1. The Morgan fingerprint density at radius 1 is 1.23 bits per heavy atom. The molecule has 0 spiro atoms. The number of ether oxygens (including phenoxy) is 1. The zero-order chi connectivity index (χ0) is 22.3. The summed E-state index contributed by atoms with van der Waals surface area (Å²) >= 11 is 0. The fourth-order valence-corrected chi connectivity index (χ4v) is 3.85. The zero-order valence-corrected chi connectivity index (χ0v) is 16.8. The van der Waals surface area contributed by atoms with Gasteiger partial charge in [0.15, 0.2) is 0 Å². The van der Waals surface area contributed by atoms with Crippen LogP contribution in [0.4, 0.5) is 13.2 Å². The highest BCUT2D eigenvalue weighted by molar-refractivity contribution is 5.87. The van der Waals surface area contributed by atoms with Gasteiger partial charge in [0.2, 0.25) is 5.91 Å². The summed E-state index contributed by atoms with van der Waals surface area (Å²) in [4.78, 5) is 25.2. The van der Waals surface area contributed by atoms with Crippen LogP contribution in [0.2, 0.25) is 0 Å². The molecule has 30 heavy (non-hydrogen) atoms. The Labute approximate surface area is 174 Å². The fraction of sp³-hybridized carbons (Fsp3) is 0.455. The lowest BCUT2D eigenvalue weighted by Crippen LogP contribution is -2.40. The number of halogens is 3. The topological polar surface area (TPSA) is 81.4 Å². The molecule has 3 N–H and O–H groups in total. The van der Waals surface area contributed by atoms with E-state index < -0.39 is 29.5 Å². The molecule has 4 atom stereocenters. The van der Waals surface area contributed by atoms with Gasteiger partial charge in [0.25, 0.3) is 0 Å². The van der Waals surface area contributed by atoms with E-state index in [4.69, 9.17) is 10.5 Å². The molecular weight excluding hydrogens is 397 g/mol. The van der Waals surface area contributed by atoms with E-state index in [-0.39, 0.29) is 17.7 Å². The maximum absolute atomic E-state index is 12.8. The van der Waals surface area contributed by atoms with Gasteiger partial charge < -0.3 is 15.8 Å². The molecule has 0 aliphatic heterocycles. The molecule has 2 rings (SSSR count). The minimum Gasteiger partial charge on any atom is -0.469 e. The summed E-state index contributed by atoms with van der Waals surface area (Å²) in [6.07, 6.45) is 1.81. The average molecular weight is 424 g/mol. The summed E-state index contributed by atoms with van der Waals surface area (Å²) in [6.45, 7) is 4.60. The second-order valence-corrected chi connectivity index (χ2v) is 7.29. The third kappa shape index (κ3) is 5.72. The van der Waals surface area contributed by atoms with Gasteiger partial charge in [-0.15, -0.1) is 6.58 Å². The number of hydrogen-bond donors (Lipinski definition) is 2. The van der Waals surface area contributed by atoms with Crippen molar-refractivity contribution in [3.05, 3.63) is 54.1 Å². The predicted molar refractivity (Wildman–Crippen MR) is 108 cm³/mol. The maximum atomic E-state index is 12.8. The highest BCUT2D eigenvalue weighted by Crippen LogP contribution is 2.44. The van der Waals surface area contributed by atoms with Gasteiger partial charge in [-0.2, -0.15) is 13.2 Å². The Balaban J connectivity index is 2.25. The average Bonchev–Trinajstić information content (AvgIpc) is 3.10. The number of alkyl halides is 3. The molecule has 1 aromatic rings. The van der Waals surface area contributed by atoms with E-state index >= 15 is 0 Å². The Morgan fingerprint density at radius 3 is 2.43 bits per heavy atom. The van der Waals surface area contributed by atoms with Crippen LogP contribution in [0.5, 0.6) is 0 Å². The van der Waals surface area contributed by atoms with Crippen molar-refractivity contribution in [3.63, 3.8) is 0 Å². The third-order valence-corrected chi connectivity index (χ3v) is 5.39. The SMILES string of the molecule is C=C[C@@H]1C[C@H](/C=C/c2ccc(C(F)(F)F)cc2)[C@H](C(=O)NCCCN)[C@@H]1C(=O)OC. The highest BCUT2D eigenvalue weighted by Gasteiger charge is 2.49. The van der Waals surface area contributed by atoms with Gasteiger partial charge in [-0.25, -0.2) is 0 Å². The van der Waals surface area contributed by atoms with Crippen molar-refractivity contribution >= 4 is 18.0 Å². The summed E-state index contributed by atoms with van der Waals surface area (Å²) in [7, 11) is 1.28. The van der Waals surface area contributed by atoms with Crippen molar-refractivity contribution in [2.75, 3.05) is 20.2 Å². The largest absolute Gasteiger partial charge is 0.469 e. The minimum absolute atomic E-state index is 0.245. The van der Waals surface area contributed by atoms with Gasteiger partial charge in [0.05, 0.1) is 24.5 Å². The highest BCUT2D eigenvalue weighted by atomic mass is 19.4. The summed E-state index contributed by atoms with van der Waals surface area (Å²) in [5.74, 6) is -2.63. The van der Waals surface area contributed by atoms with Crippen molar-refractivity contribution in [3.8, 4) is 0 Å². The monoisotopic (exact) mass is 424 g/mol. The molecule has 1 aliphatic carbocycles. The zero-order valence-electron chi connectivity index (χ0n) is 16.8. The number of benzene rings is 1. The lowest BCUT2D eigenvalue weighted by molar-refractivity contribution is -0.150. The van der Waals surface area contributed by atoms with E-state index in [1.54, 1.807) is 18.2 Å².